The number of rotatable bonds is 5. The lowest BCUT2D eigenvalue weighted by molar-refractivity contribution is 0.0417. The van der Waals surface area contributed by atoms with E-state index in [2.05, 4.69) is 15.0 Å². The van der Waals surface area contributed by atoms with Crippen LogP contribution in [0.2, 0.25) is 5.15 Å². The monoisotopic (exact) mass is 333 g/mol. The molecule has 114 valence electrons. The van der Waals surface area contributed by atoms with Gasteiger partial charge >= 0.3 is 7.60 Å². The highest BCUT2D eigenvalue weighted by molar-refractivity contribution is 7.51. The fraction of sp³-hybridized carbons (Fsp3) is 0.500. The molecule has 0 saturated heterocycles. The summed E-state index contributed by atoms with van der Waals surface area (Å²) in [6.45, 7) is 0.371. The highest BCUT2D eigenvalue weighted by atomic mass is 35.5. The van der Waals surface area contributed by atoms with Crippen LogP contribution in [0.3, 0.4) is 0 Å². The maximum Gasteiger partial charge on any atom is 0.351 e. The lowest BCUT2D eigenvalue weighted by atomic mass is 10.3. The number of ether oxygens (including phenoxy) is 1. The van der Waals surface area contributed by atoms with Crippen molar-refractivity contribution in [2.24, 2.45) is 0 Å². The van der Waals surface area contributed by atoms with Crippen molar-refractivity contribution >= 4 is 36.3 Å². The van der Waals surface area contributed by atoms with Crippen LogP contribution in [0.25, 0.3) is 11.2 Å². The molecule has 11 heteroatoms. The maximum absolute atomic E-state index is 10.9. The van der Waals surface area contributed by atoms with Crippen LogP contribution < -0.4 is 5.73 Å². The quantitative estimate of drug-likeness (QED) is 0.538. The van der Waals surface area contributed by atoms with E-state index in [1.54, 1.807) is 4.57 Å². The Balaban J connectivity index is 1.84. The Kier molecular flexibility index (Phi) is 3.42. The van der Waals surface area contributed by atoms with Crippen LogP contribution in [0.4, 0.5) is 5.95 Å². The van der Waals surface area contributed by atoms with E-state index in [1.807, 2.05) is 0 Å². The summed E-state index contributed by atoms with van der Waals surface area (Å²) in [6, 6.07) is 0. The Morgan fingerprint density at radius 2 is 2.19 bits per heavy atom. The average molecular weight is 334 g/mol. The molecule has 1 saturated carbocycles. The van der Waals surface area contributed by atoms with Gasteiger partial charge in [-0.25, -0.2) is 4.98 Å². The van der Waals surface area contributed by atoms with Crippen molar-refractivity contribution in [3.63, 3.8) is 0 Å². The van der Waals surface area contributed by atoms with Crippen molar-refractivity contribution in [3.8, 4) is 0 Å². The highest BCUT2D eigenvalue weighted by Crippen LogP contribution is 2.46. The minimum Gasteiger partial charge on any atom is -0.368 e. The first-order valence-corrected chi connectivity index (χ1v) is 8.28. The molecule has 0 aromatic carbocycles. The highest BCUT2D eigenvalue weighted by Gasteiger charge is 2.46. The lowest BCUT2D eigenvalue weighted by Gasteiger charge is -2.17. The number of halogens is 1. The number of imidazole rings is 1. The Morgan fingerprint density at radius 3 is 2.81 bits per heavy atom. The standard InChI is InChI=1S/C10H13ClN5O4P/c11-7-6-8(15-9(12)14-7)16(4-13-6)3-10(1-2-10)20-5-21(17,18)19/h4H,1-3,5H2,(H2,12,14,15)(H2,17,18,19). The molecule has 0 unspecified atom stereocenters. The van der Waals surface area contributed by atoms with Gasteiger partial charge in [0, 0.05) is 0 Å². The van der Waals surface area contributed by atoms with Crippen LogP contribution in [-0.2, 0) is 15.8 Å². The lowest BCUT2D eigenvalue weighted by Crippen LogP contribution is -2.22. The smallest absolute Gasteiger partial charge is 0.351 e. The first-order chi connectivity index (χ1) is 9.78. The topological polar surface area (TPSA) is 136 Å². The van der Waals surface area contributed by atoms with Gasteiger partial charge < -0.3 is 24.8 Å². The third-order valence-corrected chi connectivity index (χ3v) is 3.97. The van der Waals surface area contributed by atoms with Gasteiger partial charge in [0.15, 0.2) is 10.8 Å². The van der Waals surface area contributed by atoms with E-state index in [0.29, 0.717) is 30.6 Å². The van der Waals surface area contributed by atoms with E-state index in [0.717, 1.165) is 0 Å². The van der Waals surface area contributed by atoms with Gasteiger partial charge in [0.2, 0.25) is 5.95 Å². The number of fused-ring (bicyclic) bond motifs is 1. The molecule has 9 nitrogen and oxygen atoms in total. The number of nitrogens with two attached hydrogens (primary N) is 1. The molecule has 0 radical (unpaired) electrons. The molecule has 0 bridgehead atoms. The molecule has 1 aliphatic carbocycles. The van der Waals surface area contributed by atoms with Crippen molar-refractivity contribution in [2.75, 3.05) is 12.1 Å². The summed E-state index contributed by atoms with van der Waals surface area (Å²) in [4.78, 5) is 29.8. The van der Waals surface area contributed by atoms with Crippen LogP contribution in [0, 0.1) is 0 Å². The fourth-order valence-electron chi connectivity index (χ4n) is 2.06. The average Bonchev–Trinajstić information content (AvgIpc) is 3.02. The zero-order chi connectivity index (χ0) is 15.3. The van der Waals surface area contributed by atoms with E-state index in [9.17, 15) is 4.57 Å². The summed E-state index contributed by atoms with van der Waals surface area (Å²) >= 11 is 5.94. The fourth-order valence-corrected chi connectivity index (χ4v) is 2.72. The first kappa shape index (κ1) is 14.7. The Bertz CT molecular complexity index is 740. The van der Waals surface area contributed by atoms with Crippen LogP contribution >= 0.6 is 19.2 Å². The molecule has 3 rings (SSSR count). The molecule has 0 atom stereocenters. The molecule has 1 aliphatic rings. The van der Waals surface area contributed by atoms with Crippen molar-refractivity contribution in [1.29, 1.82) is 0 Å². The number of anilines is 1. The summed E-state index contributed by atoms with van der Waals surface area (Å²) in [5.74, 6) is 0.0373. The molecule has 0 amide bonds. The molecule has 0 spiro atoms. The minimum absolute atomic E-state index is 0.0373. The largest absolute Gasteiger partial charge is 0.368 e. The van der Waals surface area contributed by atoms with Gasteiger partial charge in [-0.3, -0.25) is 4.57 Å². The maximum atomic E-state index is 10.9. The molecular formula is C10H13ClN5O4P. The van der Waals surface area contributed by atoms with Gasteiger partial charge in [-0.05, 0) is 12.8 Å². The van der Waals surface area contributed by atoms with Crippen molar-refractivity contribution in [3.05, 3.63) is 11.5 Å². The van der Waals surface area contributed by atoms with Crippen LogP contribution in [-0.4, -0.2) is 41.3 Å². The second-order valence-corrected chi connectivity index (χ2v) is 6.98. The molecule has 1 fully saturated rings. The molecule has 2 heterocycles. The van der Waals surface area contributed by atoms with Gasteiger partial charge in [0.1, 0.15) is 11.9 Å². The van der Waals surface area contributed by atoms with Crippen LogP contribution in [0.5, 0.6) is 0 Å². The van der Waals surface area contributed by atoms with E-state index >= 15 is 0 Å². The summed E-state index contributed by atoms with van der Waals surface area (Å²) in [5.41, 5.74) is 5.87. The second-order valence-electron chi connectivity index (χ2n) is 5.04. The third-order valence-electron chi connectivity index (χ3n) is 3.24. The summed E-state index contributed by atoms with van der Waals surface area (Å²) in [7, 11) is -4.19. The van der Waals surface area contributed by atoms with Gasteiger partial charge in [0.05, 0.1) is 18.5 Å². The first-order valence-electron chi connectivity index (χ1n) is 6.10. The Hall–Kier alpha value is -1.25. The summed E-state index contributed by atoms with van der Waals surface area (Å²) in [5, 5.41) is 0.164. The van der Waals surface area contributed by atoms with Crippen molar-refractivity contribution in [1.82, 2.24) is 19.5 Å². The van der Waals surface area contributed by atoms with E-state index < -0.39 is 19.5 Å². The van der Waals surface area contributed by atoms with Gasteiger partial charge in [-0.15, -0.1) is 0 Å². The minimum atomic E-state index is -4.19. The zero-order valence-corrected chi connectivity index (χ0v) is 12.5. The molecular weight excluding hydrogens is 321 g/mol. The van der Waals surface area contributed by atoms with E-state index in [4.69, 9.17) is 31.9 Å². The molecule has 4 N–H and O–H groups in total. The number of hydrogen-bond donors (Lipinski definition) is 3. The van der Waals surface area contributed by atoms with E-state index in [-0.39, 0.29) is 11.1 Å². The molecule has 2 aromatic heterocycles. The summed E-state index contributed by atoms with van der Waals surface area (Å²) in [6.07, 6.45) is 2.35. The number of nitrogen functional groups attached to an aromatic ring is 1. The number of hydrogen-bond acceptors (Lipinski definition) is 6. The number of aromatic nitrogens is 4. The van der Waals surface area contributed by atoms with Gasteiger partial charge in [-0.1, -0.05) is 11.6 Å². The van der Waals surface area contributed by atoms with Crippen LogP contribution in [0.15, 0.2) is 6.33 Å². The Morgan fingerprint density at radius 1 is 1.48 bits per heavy atom. The zero-order valence-electron chi connectivity index (χ0n) is 10.8. The molecule has 0 aliphatic heterocycles. The van der Waals surface area contributed by atoms with Crippen molar-refractivity contribution < 1.29 is 19.1 Å². The SMILES string of the molecule is Nc1nc(Cl)c2ncn(CC3(OCP(=O)(O)O)CC3)c2n1. The Labute approximate surface area is 124 Å². The number of nitrogens with zero attached hydrogens (tertiary/aromatic N) is 4. The van der Waals surface area contributed by atoms with Gasteiger partial charge in [0.25, 0.3) is 0 Å². The molecule has 21 heavy (non-hydrogen) atoms. The van der Waals surface area contributed by atoms with Crippen LogP contribution in [0.1, 0.15) is 12.8 Å². The summed E-state index contributed by atoms with van der Waals surface area (Å²) < 4.78 is 18.0. The second kappa shape index (κ2) is 4.89. The predicted octanol–water partition coefficient (Wildman–Crippen LogP) is 0.746. The third kappa shape index (κ3) is 3.17. The predicted molar refractivity (Wildman–Crippen MR) is 74.7 cm³/mol. The normalized spacial score (nSPS) is 17.3. The van der Waals surface area contributed by atoms with Crippen molar-refractivity contribution in [2.45, 2.75) is 25.0 Å². The van der Waals surface area contributed by atoms with Gasteiger partial charge in [-0.2, -0.15) is 9.97 Å². The molecule has 2 aromatic rings. The van der Waals surface area contributed by atoms with E-state index in [1.165, 1.54) is 6.33 Å².